The Morgan fingerprint density at radius 1 is 1.18 bits per heavy atom. The molecule has 0 radical (unpaired) electrons. The first kappa shape index (κ1) is 19.2. The summed E-state index contributed by atoms with van der Waals surface area (Å²) >= 11 is 0. The molecule has 1 aliphatic heterocycles. The molecule has 0 saturated carbocycles. The van der Waals surface area contributed by atoms with Crippen molar-refractivity contribution in [3.63, 3.8) is 0 Å². The van der Waals surface area contributed by atoms with Gasteiger partial charge in [0.05, 0.1) is 11.4 Å². The van der Waals surface area contributed by atoms with Crippen molar-refractivity contribution in [1.29, 1.82) is 16.2 Å². The molecule has 6 heteroatoms. The highest BCUT2D eigenvalue weighted by molar-refractivity contribution is 6.27. The molecule has 2 aromatic rings. The summed E-state index contributed by atoms with van der Waals surface area (Å²) in [6, 6.07) is 13.4. The number of nitrogens with zero attached hydrogens (tertiary/aromatic N) is 2. The number of amidine groups is 2. The topological polar surface area (TPSA) is 113 Å². The third-order valence-corrected chi connectivity index (χ3v) is 4.78. The standard InChI is InChI=1S/C22H24N6/c1-13-4-6-16(7-5-13)21-19-10-17(18(11-23)12-24)8-9-20(19)28(15(3)25)22(26)14(2)27-21/h4-12,14,23,25-26H,24H2,1-3H3/b18-12+,23-11?,25-15?,26-22?/t14-/m0/s1. The Morgan fingerprint density at radius 3 is 2.43 bits per heavy atom. The van der Waals surface area contributed by atoms with Crippen LogP contribution in [-0.2, 0) is 0 Å². The smallest absolute Gasteiger partial charge is 0.131 e. The minimum Gasteiger partial charge on any atom is -0.404 e. The summed E-state index contributed by atoms with van der Waals surface area (Å²) < 4.78 is 0. The lowest BCUT2D eigenvalue weighted by atomic mass is 9.95. The fraction of sp³-hybridized carbons (Fsp3) is 0.182. The number of nitrogens with one attached hydrogen (secondary N) is 3. The van der Waals surface area contributed by atoms with Gasteiger partial charge in [0, 0.05) is 29.1 Å². The summed E-state index contributed by atoms with van der Waals surface area (Å²) in [5.41, 5.74) is 11.5. The highest BCUT2D eigenvalue weighted by Gasteiger charge is 2.28. The summed E-state index contributed by atoms with van der Waals surface area (Å²) in [4.78, 5) is 6.44. The summed E-state index contributed by atoms with van der Waals surface area (Å²) in [6.07, 6.45) is 2.61. The molecule has 5 N–H and O–H groups in total. The minimum atomic E-state index is -0.403. The number of allylic oxidation sites excluding steroid dienone is 1. The quantitative estimate of drug-likeness (QED) is 0.482. The SMILES string of the molecule is CC(=N)N1C(=N)[C@H](C)N=C(c2ccc(C)cc2)c2cc(/C(C=N)=C/N)ccc21. The second kappa shape index (κ2) is 7.60. The van der Waals surface area contributed by atoms with Crippen LogP contribution in [0.25, 0.3) is 5.57 Å². The van der Waals surface area contributed by atoms with Crippen molar-refractivity contribution < 1.29 is 0 Å². The predicted molar refractivity (Wildman–Crippen MR) is 117 cm³/mol. The van der Waals surface area contributed by atoms with Crippen LogP contribution < -0.4 is 10.6 Å². The zero-order valence-electron chi connectivity index (χ0n) is 16.2. The molecule has 142 valence electrons. The Balaban J connectivity index is 2.32. The first-order valence-corrected chi connectivity index (χ1v) is 9.03. The number of hydrogen-bond acceptors (Lipinski definition) is 5. The van der Waals surface area contributed by atoms with E-state index in [4.69, 9.17) is 27.0 Å². The molecule has 0 amide bonds. The second-order valence-electron chi connectivity index (χ2n) is 6.82. The van der Waals surface area contributed by atoms with Crippen LogP contribution >= 0.6 is 0 Å². The van der Waals surface area contributed by atoms with Gasteiger partial charge in [-0.2, -0.15) is 0 Å². The van der Waals surface area contributed by atoms with Crippen molar-refractivity contribution in [2.75, 3.05) is 4.90 Å². The normalized spacial score (nSPS) is 16.9. The number of benzene rings is 2. The van der Waals surface area contributed by atoms with Gasteiger partial charge in [-0.25, -0.2) is 0 Å². The Kier molecular flexibility index (Phi) is 5.22. The van der Waals surface area contributed by atoms with E-state index in [1.165, 1.54) is 12.4 Å². The van der Waals surface area contributed by atoms with E-state index in [2.05, 4.69) is 0 Å². The Bertz CT molecular complexity index is 1010. The molecule has 6 nitrogen and oxygen atoms in total. The third-order valence-electron chi connectivity index (χ3n) is 4.78. The molecule has 2 aromatic carbocycles. The minimum absolute atomic E-state index is 0.255. The largest absolute Gasteiger partial charge is 0.404 e. The van der Waals surface area contributed by atoms with E-state index in [0.717, 1.165) is 33.7 Å². The molecular weight excluding hydrogens is 348 g/mol. The van der Waals surface area contributed by atoms with Crippen LogP contribution in [-0.4, -0.2) is 29.6 Å². The number of rotatable bonds is 3. The molecule has 0 aromatic heterocycles. The third kappa shape index (κ3) is 3.36. The number of aliphatic imine (C=N–C) groups is 1. The van der Waals surface area contributed by atoms with E-state index in [0.29, 0.717) is 5.57 Å². The number of fused-ring (bicyclic) bond motifs is 1. The molecule has 0 saturated heterocycles. The van der Waals surface area contributed by atoms with Gasteiger partial charge in [0.1, 0.15) is 17.7 Å². The molecule has 0 fully saturated rings. The van der Waals surface area contributed by atoms with Crippen molar-refractivity contribution in [2.45, 2.75) is 26.8 Å². The fourth-order valence-electron chi connectivity index (χ4n) is 3.27. The number of benzodiazepines with no additional fused rings is 1. The molecule has 0 unspecified atom stereocenters. The van der Waals surface area contributed by atoms with Gasteiger partial charge in [-0.3, -0.25) is 20.7 Å². The van der Waals surface area contributed by atoms with E-state index in [9.17, 15) is 0 Å². The first-order chi connectivity index (χ1) is 13.4. The van der Waals surface area contributed by atoms with Crippen molar-refractivity contribution in [1.82, 2.24) is 0 Å². The fourth-order valence-corrected chi connectivity index (χ4v) is 3.27. The van der Waals surface area contributed by atoms with Crippen LogP contribution in [0.1, 0.15) is 36.1 Å². The maximum Gasteiger partial charge on any atom is 0.131 e. The lowest BCUT2D eigenvalue weighted by Crippen LogP contribution is -2.39. The first-order valence-electron chi connectivity index (χ1n) is 9.03. The Morgan fingerprint density at radius 2 is 1.86 bits per heavy atom. The highest BCUT2D eigenvalue weighted by Crippen LogP contribution is 2.31. The van der Waals surface area contributed by atoms with Crippen LogP contribution in [0, 0.1) is 23.2 Å². The van der Waals surface area contributed by atoms with Gasteiger partial charge in [-0.1, -0.05) is 35.9 Å². The molecule has 1 atom stereocenters. The molecule has 28 heavy (non-hydrogen) atoms. The maximum atomic E-state index is 8.56. The second-order valence-corrected chi connectivity index (χ2v) is 6.82. The van der Waals surface area contributed by atoms with E-state index < -0.39 is 6.04 Å². The molecular formula is C22H24N6. The van der Waals surface area contributed by atoms with Crippen LogP contribution in [0.2, 0.25) is 0 Å². The van der Waals surface area contributed by atoms with Crippen molar-refractivity contribution in [2.24, 2.45) is 10.7 Å². The lowest BCUT2D eigenvalue weighted by Gasteiger charge is -2.25. The number of nitrogens with two attached hydrogens (primary N) is 1. The van der Waals surface area contributed by atoms with Crippen LogP contribution in [0.15, 0.2) is 53.7 Å². The van der Waals surface area contributed by atoms with Gasteiger partial charge in [-0.15, -0.1) is 0 Å². The summed E-state index contributed by atoms with van der Waals surface area (Å²) in [5, 5.41) is 24.4. The highest BCUT2D eigenvalue weighted by atomic mass is 15.2. The van der Waals surface area contributed by atoms with E-state index in [1.807, 2.05) is 56.3 Å². The predicted octanol–water partition coefficient (Wildman–Crippen LogP) is 3.96. The molecule has 0 aliphatic carbocycles. The molecule has 0 bridgehead atoms. The number of hydrogen-bond donors (Lipinski definition) is 4. The van der Waals surface area contributed by atoms with Crippen molar-refractivity contribution in [3.8, 4) is 0 Å². The van der Waals surface area contributed by atoms with Gasteiger partial charge in [0.25, 0.3) is 0 Å². The van der Waals surface area contributed by atoms with Crippen LogP contribution in [0.4, 0.5) is 5.69 Å². The van der Waals surface area contributed by atoms with E-state index >= 15 is 0 Å². The van der Waals surface area contributed by atoms with Crippen molar-refractivity contribution >= 4 is 34.9 Å². The number of aryl methyl sites for hydroxylation is 1. The molecule has 0 spiro atoms. The van der Waals surface area contributed by atoms with Gasteiger partial charge in [-0.05, 0) is 38.5 Å². The molecule has 3 rings (SSSR count). The average molecular weight is 372 g/mol. The molecule has 1 aliphatic rings. The summed E-state index contributed by atoms with van der Waals surface area (Å²) in [6.45, 7) is 5.56. The van der Waals surface area contributed by atoms with E-state index in [-0.39, 0.29) is 11.7 Å². The zero-order valence-corrected chi connectivity index (χ0v) is 16.2. The monoisotopic (exact) mass is 372 g/mol. The Hall–Kier alpha value is -3.54. The maximum absolute atomic E-state index is 8.56. The number of anilines is 1. The summed E-state index contributed by atoms with van der Waals surface area (Å²) in [5.74, 6) is 0.512. The van der Waals surface area contributed by atoms with E-state index in [1.54, 1.807) is 11.8 Å². The Labute approximate surface area is 164 Å². The van der Waals surface area contributed by atoms with Gasteiger partial charge in [0.2, 0.25) is 0 Å². The zero-order chi connectivity index (χ0) is 20.4. The van der Waals surface area contributed by atoms with Crippen LogP contribution in [0.5, 0.6) is 0 Å². The van der Waals surface area contributed by atoms with Gasteiger partial charge >= 0.3 is 0 Å². The van der Waals surface area contributed by atoms with Gasteiger partial charge in [0.15, 0.2) is 0 Å². The molecule has 1 heterocycles. The van der Waals surface area contributed by atoms with Crippen LogP contribution in [0.3, 0.4) is 0 Å². The van der Waals surface area contributed by atoms with Crippen molar-refractivity contribution in [3.05, 3.63) is 70.9 Å². The van der Waals surface area contributed by atoms with Gasteiger partial charge < -0.3 is 11.1 Å². The summed E-state index contributed by atoms with van der Waals surface area (Å²) in [7, 11) is 0. The lowest BCUT2D eigenvalue weighted by molar-refractivity contribution is 0.950. The average Bonchev–Trinajstić information content (AvgIpc) is 2.78.